The molecule has 0 bridgehead atoms. The molecule has 7 heteroatoms. The maximum atomic E-state index is 11.9. The molecule has 6 nitrogen and oxygen atoms in total. The maximum Gasteiger partial charge on any atom is 0.263 e. The van der Waals surface area contributed by atoms with Crippen LogP contribution in [0.25, 0.3) is 0 Å². The van der Waals surface area contributed by atoms with Crippen LogP contribution in [0.15, 0.2) is 47.8 Å². The first-order valence-corrected chi connectivity index (χ1v) is 6.14. The smallest absolute Gasteiger partial charge is 0.263 e. The molecular weight excluding hydrogens is 242 g/mol. The number of nitrogens with one attached hydrogen (secondary N) is 1. The highest BCUT2D eigenvalue weighted by molar-refractivity contribution is 7.92. The van der Waals surface area contributed by atoms with E-state index >= 15 is 0 Å². The minimum atomic E-state index is -3.69. The molecular formula is C10H9N3O3S. The highest BCUT2D eigenvalue weighted by Gasteiger charge is 2.14. The molecule has 1 heterocycles. The van der Waals surface area contributed by atoms with Gasteiger partial charge in [0.05, 0.1) is 11.1 Å². The van der Waals surface area contributed by atoms with E-state index in [1.165, 1.54) is 42.9 Å². The van der Waals surface area contributed by atoms with Crippen molar-refractivity contribution in [3.8, 4) is 5.75 Å². The zero-order valence-corrected chi connectivity index (χ0v) is 9.42. The number of aromatic nitrogens is 2. The Morgan fingerprint density at radius 3 is 2.41 bits per heavy atom. The first-order valence-electron chi connectivity index (χ1n) is 4.66. The van der Waals surface area contributed by atoms with Gasteiger partial charge in [-0.05, 0) is 24.3 Å². The largest absolute Gasteiger partial charge is 0.508 e. The Balaban J connectivity index is 2.29. The molecule has 0 saturated carbocycles. The summed E-state index contributed by atoms with van der Waals surface area (Å²) in [4.78, 5) is 7.59. The van der Waals surface area contributed by atoms with Crippen molar-refractivity contribution < 1.29 is 13.5 Å². The molecule has 0 atom stereocenters. The van der Waals surface area contributed by atoms with Crippen molar-refractivity contribution in [3.63, 3.8) is 0 Å². The van der Waals surface area contributed by atoms with Gasteiger partial charge in [0.25, 0.3) is 10.0 Å². The standard InChI is InChI=1S/C10H9N3O3S/c14-8-1-3-9(4-2-8)17(15,16)13-10-7-11-5-6-12-10/h1-7,14H,(H,12,13). The van der Waals surface area contributed by atoms with Crippen LogP contribution in [0.3, 0.4) is 0 Å². The van der Waals surface area contributed by atoms with Gasteiger partial charge in [0, 0.05) is 12.4 Å². The summed E-state index contributed by atoms with van der Waals surface area (Å²) in [5, 5.41) is 9.07. The number of hydrogen-bond acceptors (Lipinski definition) is 5. The first kappa shape index (κ1) is 11.3. The van der Waals surface area contributed by atoms with Crippen molar-refractivity contribution in [1.82, 2.24) is 9.97 Å². The van der Waals surface area contributed by atoms with E-state index in [1.54, 1.807) is 0 Å². The second-order valence-electron chi connectivity index (χ2n) is 3.19. The molecule has 0 radical (unpaired) electrons. The Kier molecular flexibility index (Phi) is 2.92. The van der Waals surface area contributed by atoms with Gasteiger partial charge in [-0.3, -0.25) is 9.71 Å². The van der Waals surface area contributed by atoms with E-state index in [0.29, 0.717) is 0 Å². The average molecular weight is 251 g/mol. The highest BCUT2D eigenvalue weighted by atomic mass is 32.2. The van der Waals surface area contributed by atoms with Crippen LogP contribution in [0, 0.1) is 0 Å². The lowest BCUT2D eigenvalue weighted by Crippen LogP contribution is -2.13. The number of benzene rings is 1. The molecule has 2 aromatic rings. The SMILES string of the molecule is O=S(=O)(Nc1cnccn1)c1ccc(O)cc1. The van der Waals surface area contributed by atoms with Gasteiger partial charge in [-0.15, -0.1) is 0 Å². The predicted molar refractivity (Wildman–Crippen MR) is 60.9 cm³/mol. The molecule has 17 heavy (non-hydrogen) atoms. The maximum absolute atomic E-state index is 11.9. The van der Waals surface area contributed by atoms with E-state index in [9.17, 15) is 8.42 Å². The van der Waals surface area contributed by atoms with Gasteiger partial charge >= 0.3 is 0 Å². The fourth-order valence-corrected chi connectivity index (χ4v) is 2.17. The number of hydrogen-bond donors (Lipinski definition) is 2. The van der Waals surface area contributed by atoms with E-state index in [0.717, 1.165) is 0 Å². The highest BCUT2D eigenvalue weighted by Crippen LogP contribution is 2.16. The molecule has 2 rings (SSSR count). The van der Waals surface area contributed by atoms with Gasteiger partial charge in [0.15, 0.2) is 5.82 Å². The van der Waals surface area contributed by atoms with Gasteiger partial charge in [-0.2, -0.15) is 0 Å². The monoisotopic (exact) mass is 251 g/mol. The second kappa shape index (κ2) is 4.38. The molecule has 0 spiro atoms. The molecule has 0 amide bonds. The van der Waals surface area contributed by atoms with Gasteiger partial charge < -0.3 is 5.11 Å². The minimum Gasteiger partial charge on any atom is -0.508 e. The van der Waals surface area contributed by atoms with Gasteiger partial charge in [0.1, 0.15) is 5.75 Å². The van der Waals surface area contributed by atoms with Crippen LogP contribution in [0.5, 0.6) is 5.75 Å². The molecule has 2 N–H and O–H groups in total. The summed E-state index contributed by atoms with van der Waals surface area (Å²) < 4.78 is 26.0. The Labute approximate surface area is 98.0 Å². The number of phenols is 1. The summed E-state index contributed by atoms with van der Waals surface area (Å²) in [5.74, 6) is 0.143. The predicted octanol–water partition coefficient (Wildman–Crippen LogP) is 0.983. The van der Waals surface area contributed by atoms with E-state index in [4.69, 9.17) is 5.11 Å². The third-order valence-corrected chi connectivity index (χ3v) is 3.32. The van der Waals surface area contributed by atoms with Crippen molar-refractivity contribution in [2.45, 2.75) is 4.90 Å². The van der Waals surface area contributed by atoms with Crippen LogP contribution in [0.2, 0.25) is 0 Å². The van der Waals surface area contributed by atoms with Crippen LogP contribution >= 0.6 is 0 Å². The summed E-state index contributed by atoms with van der Waals surface area (Å²) in [5.41, 5.74) is 0. The Bertz CT molecular complexity index is 596. The second-order valence-corrected chi connectivity index (χ2v) is 4.87. The molecule has 1 aromatic heterocycles. The third-order valence-electron chi connectivity index (χ3n) is 1.95. The Hall–Kier alpha value is -2.15. The molecule has 0 saturated heterocycles. The summed E-state index contributed by atoms with van der Waals surface area (Å²) in [6.07, 6.45) is 4.13. The van der Waals surface area contributed by atoms with Crippen LogP contribution in [-0.2, 0) is 10.0 Å². The number of aromatic hydroxyl groups is 1. The van der Waals surface area contributed by atoms with Gasteiger partial charge in [0.2, 0.25) is 0 Å². The topological polar surface area (TPSA) is 92.2 Å². The summed E-state index contributed by atoms with van der Waals surface area (Å²) in [6, 6.07) is 5.19. The van der Waals surface area contributed by atoms with Crippen molar-refractivity contribution in [2.24, 2.45) is 0 Å². The summed E-state index contributed by atoms with van der Waals surface area (Å²) in [7, 11) is -3.69. The van der Waals surface area contributed by atoms with Crippen LogP contribution < -0.4 is 4.72 Å². The number of sulfonamides is 1. The normalized spacial score (nSPS) is 11.1. The zero-order valence-electron chi connectivity index (χ0n) is 8.61. The Morgan fingerprint density at radius 2 is 1.82 bits per heavy atom. The van der Waals surface area contributed by atoms with Crippen LogP contribution in [0.4, 0.5) is 5.82 Å². The zero-order chi connectivity index (χ0) is 12.3. The van der Waals surface area contributed by atoms with Crippen LogP contribution in [0.1, 0.15) is 0 Å². The molecule has 0 fully saturated rings. The van der Waals surface area contributed by atoms with E-state index in [1.807, 2.05) is 0 Å². The number of anilines is 1. The number of rotatable bonds is 3. The minimum absolute atomic E-state index is 0.00320. The molecule has 0 aliphatic rings. The van der Waals surface area contributed by atoms with Crippen molar-refractivity contribution in [1.29, 1.82) is 0 Å². The molecule has 1 aromatic carbocycles. The van der Waals surface area contributed by atoms with E-state index in [2.05, 4.69) is 14.7 Å². The fourth-order valence-electron chi connectivity index (χ4n) is 1.17. The lowest BCUT2D eigenvalue weighted by atomic mass is 10.3. The van der Waals surface area contributed by atoms with Crippen molar-refractivity contribution in [2.75, 3.05) is 4.72 Å². The summed E-state index contributed by atoms with van der Waals surface area (Å²) >= 11 is 0. The van der Waals surface area contributed by atoms with E-state index in [-0.39, 0.29) is 16.5 Å². The first-order chi connectivity index (χ1) is 8.08. The molecule has 0 unspecified atom stereocenters. The Morgan fingerprint density at radius 1 is 1.12 bits per heavy atom. The fraction of sp³-hybridized carbons (Fsp3) is 0. The van der Waals surface area contributed by atoms with Crippen molar-refractivity contribution in [3.05, 3.63) is 42.9 Å². The lowest BCUT2D eigenvalue weighted by Gasteiger charge is -2.06. The summed E-state index contributed by atoms with van der Waals surface area (Å²) in [6.45, 7) is 0. The third kappa shape index (κ3) is 2.70. The van der Waals surface area contributed by atoms with Gasteiger partial charge in [-0.1, -0.05) is 0 Å². The quantitative estimate of drug-likeness (QED) is 0.848. The lowest BCUT2D eigenvalue weighted by molar-refractivity contribution is 0.475. The molecule has 88 valence electrons. The van der Waals surface area contributed by atoms with Crippen LogP contribution in [-0.4, -0.2) is 23.5 Å². The van der Waals surface area contributed by atoms with E-state index < -0.39 is 10.0 Å². The van der Waals surface area contributed by atoms with Crippen molar-refractivity contribution >= 4 is 15.8 Å². The molecule has 0 aliphatic heterocycles. The number of phenolic OH excluding ortho intramolecular Hbond substituents is 1. The number of nitrogens with zero attached hydrogens (tertiary/aromatic N) is 2. The van der Waals surface area contributed by atoms with Gasteiger partial charge in [-0.25, -0.2) is 13.4 Å². The molecule has 0 aliphatic carbocycles. The average Bonchev–Trinajstić information content (AvgIpc) is 2.30.